The molecule has 2 rings (SSSR count). The zero-order chi connectivity index (χ0) is 11.1. The Hall–Kier alpha value is -0.620. The Labute approximate surface area is 90.2 Å². The summed E-state index contributed by atoms with van der Waals surface area (Å²) in [5, 5.41) is 7.21. The second-order valence-electron chi connectivity index (χ2n) is 4.40. The summed E-state index contributed by atoms with van der Waals surface area (Å²) in [6.07, 6.45) is 3.25. The lowest BCUT2D eigenvalue weighted by molar-refractivity contribution is 0.310. The molecule has 6 heteroatoms. The van der Waals surface area contributed by atoms with E-state index in [1.54, 1.807) is 0 Å². The minimum atomic E-state index is -3.07. The van der Waals surface area contributed by atoms with E-state index in [9.17, 15) is 8.42 Å². The molecule has 1 unspecified atom stereocenters. The standard InChI is InChI=1S/C9H17N3O2S/c10-9(11)7-2-1-5-12(6-7)15(13,14)8-3-4-8/h7-8H,1-6H2,(H3,10,11). The van der Waals surface area contributed by atoms with Gasteiger partial charge in [-0.1, -0.05) is 0 Å². The van der Waals surface area contributed by atoms with E-state index in [0.717, 1.165) is 25.7 Å². The molecule has 1 aliphatic carbocycles. The molecule has 86 valence electrons. The quantitative estimate of drug-likeness (QED) is 0.534. The van der Waals surface area contributed by atoms with Crippen LogP contribution in [0.15, 0.2) is 0 Å². The summed E-state index contributed by atoms with van der Waals surface area (Å²) in [6, 6.07) is 0. The molecule has 5 nitrogen and oxygen atoms in total. The largest absolute Gasteiger partial charge is 0.387 e. The van der Waals surface area contributed by atoms with E-state index in [0.29, 0.717) is 13.1 Å². The first-order chi connectivity index (χ1) is 7.01. The van der Waals surface area contributed by atoms with Gasteiger partial charge in [-0.2, -0.15) is 0 Å². The van der Waals surface area contributed by atoms with Crippen LogP contribution in [0.1, 0.15) is 25.7 Å². The number of nitrogens with two attached hydrogens (primary N) is 1. The third-order valence-electron chi connectivity index (χ3n) is 3.13. The van der Waals surface area contributed by atoms with Crippen molar-refractivity contribution in [1.29, 1.82) is 5.41 Å². The summed E-state index contributed by atoms with van der Waals surface area (Å²) in [6.45, 7) is 1.01. The Bertz CT molecular complexity index is 362. The van der Waals surface area contributed by atoms with Gasteiger partial charge in [0.25, 0.3) is 0 Å². The molecule has 2 aliphatic rings. The molecular weight excluding hydrogens is 214 g/mol. The minimum absolute atomic E-state index is 0.0766. The topological polar surface area (TPSA) is 87.2 Å². The van der Waals surface area contributed by atoms with Crippen molar-refractivity contribution < 1.29 is 8.42 Å². The van der Waals surface area contributed by atoms with Crippen LogP contribution < -0.4 is 5.73 Å². The fourth-order valence-electron chi connectivity index (χ4n) is 2.00. The maximum absolute atomic E-state index is 11.9. The Morgan fingerprint density at radius 3 is 2.53 bits per heavy atom. The molecule has 0 spiro atoms. The molecule has 1 heterocycles. The van der Waals surface area contributed by atoms with Gasteiger partial charge in [0, 0.05) is 19.0 Å². The van der Waals surface area contributed by atoms with Crippen LogP contribution in [-0.2, 0) is 10.0 Å². The van der Waals surface area contributed by atoms with Crippen LogP contribution in [0.5, 0.6) is 0 Å². The lowest BCUT2D eigenvalue weighted by Gasteiger charge is -2.31. The van der Waals surface area contributed by atoms with Gasteiger partial charge >= 0.3 is 0 Å². The van der Waals surface area contributed by atoms with Crippen LogP contribution in [0.2, 0.25) is 0 Å². The van der Waals surface area contributed by atoms with Gasteiger partial charge in [-0.25, -0.2) is 12.7 Å². The molecule has 2 fully saturated rings. The van der Waals surface area contributed by atoms with Crippen LogP contribution in [0.25, 0.3) is 0 Å². The van der Waals surface area contributed by atoms with Crippen LogP contribution in [0.3, 0.4) is 0 Å². The Balaban J connectivity index is 2.07. The van der Waals surface area contributed by atoms with Crippen molar-refractivity contribution in [3.63, 3.8) is 0 Å². The van der Waals surface area contributed by atoms with Gasteiger partial charge in [-0.3, -0.25) is 5.41 Å². The molecule has 0 bridgehead atoms. The van der Waals surface area contributed by atoms with E-state index in [1.807, 2.05) is 0 Å². The third kappa shape index (κ3) is 2.15. The van der Waals surface area contributed by atoms with Crippen LogP contribution in [0, 0.1) is 11.3 Å². The monoisotopic (exact) mass is 231 g/mol. The van der Waals surface area contributed by atoms with Crippen LogP contribution in [-0.4, -0.2) is 36.9 Å². The highest BCUT2D eigenvalue weighted by molar-refractivity contribution is 7.90. The van der Waals surface area contributed by atoms with Gasteiger partial charge < -0.3 is 5.73 Å². The summed E-state index contributed by atoms with van der Waals surface area (Å²) in [5.74, 6) is 0.0398. The van der Waals surface area contributed by atoms with Crippen molar-refractivity contribution in [1.82, 2.24) is 4.31 Å². The van der Waals surface area contributed by atoms with Crippen molar-refractivity contribution >= 4 is 15.9 Å². The second-order valence-corrected chi connectivity index (χ2v) is 6.61. The number of piperidine rings is 1. The fraction of sp³-hybridized carbons (Fsp3) is 0.889. The minimum Gasteiger partial charge on any atom is -0.387 e. The van der Waals surface area contributed by atoms with E-state index >= 15 is 0 Å². The van der Waals surface area contributed by atoms with Crippen molar-refractivity contribution in [3.05, 3.63) is 0 Å². The number of nitrogens with one attached hydrogen (secondary N) is 1. The maximum atomic E-state index is 11.9. The highest BCUT2D eigenvalue weighted by Gasteiger charge is 2.41. The molecule has 1 aliphatic heterocycles. The van der Waals surface area contributed by atoms with Crippen molar-refractivity contribution in [2.45, 2.75) is 30.9 Å². The first kappa shape index (κ1) is 10.9. The summed E-state index contributed by atoms with van der Waals surface area (Å²) in [5.41, 5.74) is 5.43. The predicted molar refractivity (Wildman–Crippen MR) is 58.2 cm³/mol. The molecule has 1 saturated heterocycles. The normalized spacial score (nSPS) is 28.9. The molecule has 1 atom stereocenters. The Kier molecular flexibility index (Phi) is 2.72. The van der Waals surface area contributed by atoms with Gasteiger partial charge in [-0.05, 0) is 25.7 Å². The van der Waals surface area contributed by atoms with E-state index in [4.69, 9.17) is 11.1 Å². The summed E-state index contributed by atoms with van der Waals surface area (Å²) >= 11 is 0. The second kappa shape index (κ2) is 3.75. The lowest BCUT2D eigenvalue weighted by Crippen LogP contribution is -2.45. The summed E-state index contributed by atoms with van der Waals surface area (Å²) in [4.78, 5) is 0. The number of nitrogens with zero attached hydrogens (tertiary/aromatic N) is 1. The third-order valence-corrected chi connectivity index (χ3v) is 5.49. The van der Waals surface area contributed by atoms with E-state index in [-0.39, 0.29) is 17.0 Å². The van der Waals surface area contributed by atoms with Crippen molar-refractivity contribution in [2.24, 2.45) is 11.7 Å². The Morgan fingerprint density at radius 1 is 1.33 bits per heavy atom. The van der Waals surface area contributed by atoms with Gasteiger partial charge in [0.1, 0.15) is 0 Å². The highest BCUT2D eigenvalue weighted by atomic mass is 32.2. The first-order valence-electron chi connectivity index (χ1n) is 5.34. The molecule has 0 amide bonds. The van der Waals surface area contributed by atoms with Gasteiger partial charge in [0.2, 0.25) is 10.0 Å². The van der Waals surface area contributed by atoms with Crippen molar-refractivity contribution in [3.8, 4) is 0 Å². The van der Waals surface area contributed by atoms with Crippen LogP contribution >= 0.6 is 0 Å². The van der Waals surface area contributed by atoms with E-state index in [2.05, 4.69) is 0 Å². The average molecular weight is 231 g/mol. The van der Waals surface area contributed by atoms with Crippen LogP contribution in [0.4, 0.5) is 0 Å². The average Bonchev–Trinajstić information content (AvgIpc) is 3.01. The molecule has 3 N–H and O–H groups in total. The molecule has 0 radical (unpaired) electrons. The van der Waals surface area contributed by atoms with Gasteiger partial charge in [0.15, 0.2) is 0 Å². The molecule has 15 heavy (non-hydrogen) atoms. The maximum Gasteiger partial charge on any atom is 0.217 e. The first-order valence-corrected chi connectivity index (χ1v) is 6.85. The molecule has 0 aromatic carbocycles. The highest BCUT2D eigenvalue weighted by Crippen LogP contribution is 2.33. The fourth-order valence-corrected chi connectivity index (χ4v) is 3.93. The van der Waals surface area contributed by atoms with Gasteiger partial charge in [-0.15, -0.1) is 0 Å². The summed E-state index contributed by atoms with van der Waals surface area (Å²) < 4.78 is 25.4. The number of sulfonamides is 1. The van der Waals surface area contributed by atoms with Crippen molar-refractivity contribution in [2.75, 3.05) is 13.1 Å². The van der Waals surface area contributed by atoms with E-state index in [1.165, 1.54) is 4.31 Å². The molecule has 1 saturated carbocycles. The molecular formula is C9H17N3O2S. The zero-order valence-electron chi connectivity index (χ0n) is 8.65. The lowest BCUT2D eigenvalue weighted by atomic mass is 9.99. The number of amidine groups is 1. The predicted octanol–water partition coefficient (Wildman–Crippen LogP) is 0.127. The van der Waals surface area contributed by atoms with E-state index < -0.39 is 10.0 Å². The Morgan fingerprint density at radius 2 is 2.00 bits per heavy atom. The SMILES string of the molecule is N=C(N)C1CCCN(S(=O)(=O)C2CC2)C1. The molecule has 0 aromatic rings. The zero-order valence-corrected chi connectivity index (χ0v) is 9.46. The number of hydrogen-bond donors (Lipinski definition) is 2. The number of rotatable bonds is 3. The van der Waals surface area contributed by atoms with Gasteiger partial charge in [0.05, 0.1) is 11.1 Å². The number of hydrogen-bond acceptors (Lipinski definition) is 3. The molecule has 0 aromatic heterocycles. The summed E-state index contributed by atoms with van der Waals surface area (Å²) in [7, 11) is -3.07. The smallest absolute Gasteiger partial charge is 0.217 e.